The van der Waals surface area contributed by atoms with E-state index < -0.39 is 15.9 Å². The molecule has 0 saturated carbocycles. The summed E-state index contributed by atoms with van der Waals surface area (Å²) in [7, 11) is -3.58. The molecule has 0 atom stereocenters. The van der Waals surface area contributed by atoms with Gasteiger partial charge in [-0.3, -0.25) is 4.79 Å². The lowest BCUT2D eigenvalue weighted by atomic mass is 9.87. The third kappa shape index (κ3) is 3.78. The molecule has 2 heterocycles. The van der Waals surface area contributed by atoms with Gasteiger partial charge in [-0.2, -0.15) is 4.31 Å². The Morgan fingerprint density at radius 2 is 1.47 bits per heavy atom. The summed E-state index contributed by atoms with van der Waals surface area (Å²) < 4.78 is 33.6. The summed E-state index contributed by atoms with van der Waals surface area (Å²) in [6, 6.07) is 21.5. The van der Waals surface area contributed by atoms with Crippen molar-refractivity contribution < 1.29 is 17.9 Å². The summed E-state index contributed by atoms with van der Waals surface area (Å²) in [5.74, 6) is 0.500. The molecular formula is C25H24N2O4S. The van der Waals surface area contributed by atoms with E-state index in [0.717, 1.165) is 30.4 Å². The highest BCUT2D eigenvalue weighted by Crippen LogP contribution is 2.44. The molecule has 3 aromatic carbocycles. The lowest BCUT2D eigenvalue weighted by Crippen LogP contribution is -2.35. The molecule has 2 aliphatic heterocycles. The van der Waals surface area contributed by atoms with Gasteiger partial charge in [0.1, 0.15) is 11.5 Å². The number of benzene rings is 3. The number of anilines is 1. The van der Waals surface area contributed by atoms with E-state index in [-0.39, 0.29) is 10.8 Å². The first-order valence-corrected chi connectivity index (χ1v) is 12.2. The average molecular weight is 449 g/mol. The summed E-state index contributed by atoms with van der Waals surface area (Å²) in [5.41, 5.74) is 2.01. The number of fused-ring (bicyclic) bond motifs is 2. The Balaban J connectivity index is 1.45. The maximum Gasteiger partial charge on any atom is 0.243 e. The second-order valence-electron chi connectivity index (χ2n) is 8.09. The van der Waals surface area contributed by atoms with Gasteiger partial charge >= 0.3 is 0 Å². The number of amides is 1. The molecule has 0 radical (unpaired) electrons. The van der Waals surface area contributed by atoms with Crippen LogP contribution in [0.3, 0.4) is 0 Å². The second-order valence-corrected chi connectivity index (χ2v) is 10.0. The number of ether oxygens (including phenoxy) is 1. The molecule has 0 bridgehead atoms. The molecule has 0 unspecified atom stereocenters. The SMILES string of the molecule is O=C(Nc1cccc(S(=O)(=O)N2CCCCC2)c1)C1c2ccccc2Oc2ccccc21. The summed E-state index contributed by atoms with van der Waals surface area (Å²) in [5, 5.41) is 2.93. The number of hydrogen-bond donors (Lipinski definition) is 1. The van der Waals surface area contributed by atoms with Gasteiger partial charge in [-0.05, 0) is 43.2 Å². The molecule has 0 aromatic heterocycles. The van der Waals surface area contributed by atoms with Crippen molar-refractivity contribution in [1.29, 1.82) is 0 Å². The number of sulfonamides is 1. The molecule has 32 heavy (non-hydrogen) atoms. The molecule has 1 fully saturated rings. The number of carbonyl (C=O) groups excluding carboxylic acids is 1. The Bertz CT molecular complexity index is 1220. The molecule has 1 saturated heterocycles. The summed E-state index contributed by atoms with van der Waals surface area (Å²) >= 11 is 0. The van der Waals surface area contributed by atoms with E-state index in [9.17, 15) is 13.2 Å². The maximum atomic E-state index is 13.4. The molecule has 164 valence electrons. The van der Waals surface area contributed by atoms with Crippen molar-refractivity contribution >= 4 is 21.6 Å². The largest absolute Gasteiger partial charge is 0.457 e. The number of nitrogens with one attached hydrogen (secondary N) is 1. The van der Waals surface area contributed by atoms with E-state index in [1.165, 1.54) is 4.31 Å². The second kappa shape index (κ2) is 8.41. The van der Waals surface area contributed by atoms with Crippen molar-refractivity contribution in [3.05, 3.63) is 83.9 Å². The molecule has 0 spiro atoms. The topological polar surface area (TPSA) is 75.7 Å². The highest BCUT2D eigenvalue weighted by Gasteiger charge is 2.33. The zero-order chi connectivity index (χ0) is 22.1. The van der Waals surface area contributed by atoms with Crippen molar-refractivity contribution in [2.75, 3.05) is 18.4 Å². The maximum absolute atomic E-state index is 13.4. The van der Waals surface area contributed by atoms with Gasteiger partial charge in [0.25, 0.3) is 0 Å². The third-order valence-electron chi connectivity index (χ3n) is 6.00. The first kappa shape index (κ1) is 20.7. The zero-order valence-electron chi connectivity index (χ0n) is 17.5. The number of hydrogen-bond acceptors (Lipinski definition) is 4. The smallest absolute Gasteiger partial charge is 0.243 e. The van der Waals surface area contributed by atoms with Crippen LogP contribution in [0.2, 0.25) is 0 Å². The van der Waals surface area contributed by atoms with Gasteiger partial charge in [-0.1, -0.05) is 48.9 Å². The van der Waals surface area contributed by atoms with Gasteiger partial charge in [0.05, 0.1) is 10.8 Å². The summed E-state index contributed by atoms with van der Waals surface area (Å²) in [4.78, 5) is 13.6. The standard InChI is InChI=1S/C25H24N2O4S/c28-25(24-20-11-2-4-13-22(20)31-23-14-5-3-12-21(23)24)26-18-9-8-10-19(17-18)32(29,30)27-15-6-1-7-16-27/h2-5,8-14,17,24H,1,6-7,15-16H2,(H,26,28). The minimum absolute atomic E-state index is 0.199. The minimum atomic E-state index is -3.58. The van der Waals surface area contributed by atoms with Crippen LogP contribution in [-0.4, -0.2) is 31.7 Å². The molecular weight excluding hydrogens is 424 g/mol. The fourth-order valence-electron chi connectivity index (χ4n) is 4.40. The molecule has 7 heteroatoms. The minimum Gasteiger partial charge on any atom is -0.457 e. The lowest BCUT2D eigenvalue weighted by Gasteiger charge is -2.27. The fraction of sp³-hybridized carbons (Fsp3) is 0.240. The first-order chi connectivity index (χ1) is 15.5. The van der Waals surface area contributed by atoms with Gasteiger partial charge in [-0.25, -0.2) is 8.42 Å². The van der Waals surface area contributed by atoms with Crippen LogP contribution in [0.25, 0.3) is 0 Å². The Labute approximate surface area is 187 Å². The normalized spacial score (nSPS) is 16.5. The molecule has 2 aliphatic rings. The van der Waals surface area contributed by atoms with E-state index >= 15 is 0 Å². The Hall–Kier alpha value is -3.16. The molecule has 3 aromatic rings. The Morgan fingerprint density at radius 3 is 2.12 bits per heavy atom. The zero-order valence-corrected chi connectivity index (χ0v) is 18.3. The van der Waals surface area contributed by atoms with Crippen LogP contribution < -0.4 is 10.1 Å². The fourth-order valence-corrected chi connectivity index (χ4v) is 5.96. The van der Waals surface area contributed by atoms with Crippen LogP contribution in [0.15, 0.2) is 77.7 Å². The number of carbonyl (C=O) groups is 1. The van der Waals surface area contributed by atoms with Crippen LogP contribution in [-0.2, 0) is 14.8 Å². The lowest BCUT2D eigenvalue weighted by molar-refractivity contribution is -0.116. The van der Waals surface area contributed by atoms with Crippen LogP contribution in [0.4, 0.5) is 5.69 Å². The van der Waals surface area contributed by atoms with Crippen molar-refractivity contribution in [2.45, 2.75) is 30.1 Å². The predicted molar refractivity (Wildman–Crippen MR) is 122 cm³/mol. The monoisotopic (exact) mass is 448 g/mol. The van der Waals surface area contributed by atoms with E-state index in [1.807, 2.05) is 48.5 Å². The van der Waals surface area contributed by atoms with Gasteiger partial charge in [0.2, 0.25) is 15.9 Å². The molecule has 1 amide bonds. The first-order valence-electron chi connectivity index (χ1n) is 10.8. The molecule has 1 N–H and O–H groups in total. The van der Waals surface area contributed by atoms with Crippen LogP contribution in [0, 0.1) is 0 Å². The molecule has 5 rings (SSSR count). The van der Waals surface area contributed by atoms with Crippen molar-refractivity contribution in [3.63, 3.8) is 0 Å². The molecule has 6 nitrogen and oxygen atoms in total. The highest BCUT2D eigenvalue weighted by molar-refractivity contribution is 7.89. The van der Waals surface area contributed by atoms with Gasteiger partial charge in [0.15, 0.2) is 0 Å². The van der Waals surface area contributed by atoms with Crippen LogP contribution in [0.1, 0.15) is 36.3 Å². The van der Waals surface area contributed by atoms with E-state index in [1.54, 1.807) is 24.3 Å². The summed E-state index contributed by atoms with van der Waals surface area (Å²) in [6.07, 6.45) is 2.80. The van der Waals surface area contributed by atoms with Crippen molar-refractivity contribution in [3.8, 4) is 11.5 Å². The van der Waals surface area contributed by atoms with Gasteiger partial charge in [0, 0.05) is 29.9 Å². The van der Waals surface area contributed by atoms with Gasteiger partial charge < -0.3 is 10.1 Å². The van der Waals surface area contributed by atoms with Crippen LogP contribution >= 0.6 is 0 Å². The van der Waals surface area contributed by atoms with E-state index in [2.05, 4.69) is 5.32 Å². The number of rotatable bonds is 4. The Kier molecular flexibility index (Phi) is 5.45. The molecule has 0 aliphatic carbocycles. The highest BCUT2D eigenvalue weighted by atomic mass is 32.2. The average Bonchev–Trinajstić information content (AvgIpc) is 2.83. The number of nitrogens with zero attached hydrogens (tertiary/aromatic N) is 1. The quantitative estimate of drug-likeness (QED) is 0.626. The summed E-state index contributed by atoms with van der Waals surface area (Å²) in [6.45, 7) is 1.07. The Morgan fingerprint density at radius 1 is 0.844 bits per heavy atom. The third-order valence-corrected chi connectivity index (χ3v) is 7.89. The van der Waals surface area contributed by atoms with Crippen molar-refractivity contribution in [1.82, 2.24) is 4.31 Å². The van der Waals surface area contributed by atoms with E-state index in [4.69, 9.17) is 4.74 Å². The van der Waals surface area contributed by atoms with Crippen molar-refractivity contribution in [2.24, 2.45) is 0 Å². The number of para-hydroxylation sites is 2. The van der Waals surface area contributed by atoms with Crippen LogP contribution in [0.5, 0.6) is 11.5 Å². The number of piperidine rings is 1. The van der Waals surface area contributed by atoms with Gasteiger partial charge in [-0.15, -0.1) is 0 Å². The van der Waals surface area contributed by atoms with E-state index in [0.29, 0.717) is 30.3 Å². The predicted octanol–water partition coefficient (Wildman–Crippen LogP) is 4.74.